The first-order valence-electron chi connectivity index (χ1n) is 5.93. The smallest absolute Gasteiger partial charge is 0.331 e. The second-order valence-electron chi connectivity index (χ2n) is 4.36. The van der Waals surface area contributed by atoms with E-state index in [0.717, 1.165) is 0 Å². The third-order valence-corrected chi connectivity index (χ3v) is 2.70. The number of carbonyl (C=O) groups is 2. The Morgan fingerprint density at radius 1 is 1.40 bits per heavy atom. The molecule has 0 bridgehead atoms. The largest absolute Gasteiger partial charge is 0.479 e. The maximum absolute atomic E-state index is 12.0. The molecule has 2 aromatic rings. The van der Waals surface area contributed by atoms with Gasteiger partial charge in [-0.25, -0.2) is 9.78 Å². The molecule has 104 valence electrons. The highest BCUT2D eigenvalue weighted by molar-refractivity contribution is 5.95. The van der Waals surface area contributed by atoms with Crippen LogP contribution in [0, 0.1) is 6.92 Å². The number of hydrogen-bond acceptors (Lipinski definition) is 4. The molecule has 0 saturated carbocycles. The summed E-state index contributed by atoms with van der Waals surface area (Å²) >= 11 is 0. The molecule has 0 spiro atoms. The van der Waals surface area contributed by atoms with Crippen LogP contribution < -0.4 is 5.32 Å². The van der Waals surface area contributed by atoms with Crippen molar-refractivity contribution in [3.8, 4) is 0 Å². The minimum atomic E-state index is -1.15. The van der Waals surface area contributed by atoms with Gasteiger partial charge in [0.1, 0.15) is 5.69 Å². The van der Waals surface area contributed by atoms with Crippen LogP contribution in [0.25, 0.3) is 0 Å². The summed E-state index contributed by atoms with van der Waals surface area (Å²) < 4.78 is 1.47. The summed E-state index contributed by atoms with van der Waals surface area (Å²) in [6.45, 7) is 1.76. The molecule has 2 rings (SSSR count). The summed E-state index contributed by atoms with van der Waals surface area (Å²) in [7, 11) is 1.67. The molecular weight excluding hydrogens is 260 g/mol. The lowest BCUT2D eigenvalue weighted by Gasteiger charge is -2.12. The van der Waals surface area contributed by atoms with Crippen LogP contribution in [0.2, 0.25) is 0 Å². The Kier molecular flexibility index (Phi) is 3.79. The standard InChI is InChI=1S/C13H14N4O3/c1-8-4-3-5-10(15-8)12(18)16-11(13(19)20)9-6-14-17(2)7-9/h3-7,11H,1-2H3,(H,16,18)(H,19,20). The molecule has 7 heteroatoms. The van der Waals surface area contributed by atoms with Crippen LogP contribution >= 0.6 is 0 Å². The van der Waals surface area contributed by atoms with E-state index in [-0.39, 0.29) is 5.69 Å². The number of carboxylic acids is 1. The van der Waals surface area contributed by atoms with Gasteiger partial charge in [-0.3, -0.25) is 9.48 Å². The average molecular weight is 274 g/mol. The van der Waals surface area contributed by atoms with E-state index in [0.29, 0.717) is 11.3 Å². The van der Waals surface area contributed by atoms with Crippen LogP contribution in [-0.2, 0) is 11.8 Å². The Morgan fingerprint density at radius 3 is 2.70 bits per heavy atom. The maximum Gasteiger partial charge on any atom is 0.331 e. The van der Waals surface area contributed by atoms with Crippen molar-refractivity contribution in [1.82, 2.24) is 20.1 Å². The van der Waals surface area contributed by atoms with Crippen LogP contribution in [-0.4, -0.2) is 31.7 Å². The van der Waals surface area contributed by atoms with Gasteiger partial charge >= 0.3 is 5.97 Å². The number of nitrogens with one attached hydrogen (secondary N) is 1. The van der Waals surface area contributed by atoms with E-state index < -0.39 is 17.9 Å². The van der Waals surface area contributed by atoms with E-state index in [1.807, 2.05) is 0 Å². The molecular formula is C13H14N4O3. The monoisotopic (exact) mass is 274 g/mol. The quantitative estimate of drug-likeness (QED) is 0.854. The minimum Gasteiger partial charge on any atom is -0.479 e. The van der Waals surface area contributed by atoms with Crippen molar-refractivity contribution in [3.05, 3.63) is 47.5 Å². The number of pyridine rings is 1. The van der Waals surface area contributed by atoms with Gasteiger partial charge in [-0.2, -0.15) is 5.10 Å². The van der Waals surface area contributed by atoms with Gasteiger partial charge in [0.25, 0.3) is 5.91 Å². The molecule has 7 nitrogen and oxygen atoms in total. The second-order valence-corrected chi connectivity index (χ2v) is 4.36. The van der Waals surface area contributed by atoms with Crippen LogP contribution in [0.5, 0.6) is 0 Å². The van der Waals surface area contributed by atoms with Gasteiger partial charge in [-0.15, -0.1) is 0 Å². The third kappa shape index (κ3) is 3.00. The first kappa shape index (κ1) is 13.7. The molecule has 1 atom stereocenters. The Morgan fingerprint density at radius 2 is 2.15 bits per heavy atom. The topological polar surface area (TPSA) is 97.1 Å². The van der Waals surface area contributed by atoms with Gasteiger partial charge in [-0.1, -0.05) is 6.07 Å². The van der Waals surface area contributed by atoms with Crippen LogP contribution in [0.3, 0.4) is 0 Å². The zero-order chi connectivity index (χ0) is 14.7. The number of amides is 1. The number of aromatic nitrogens is 3. The Hall–Kier alpha value is -2.70. The normalized spacial score (nSPS) is 11.9. The second kappa shape index (κ2) is 5.52. The van der Waals surface area contributed by atoms with E-state index in [1.54, 1.807) is 32.3 Å². The first-order chi connectivity index (χ1) is 9.47. The van der Waals surface area contributed by atoms with Gasteiger partial charge in [-0.05, 0) is 19.1 Å². The maximum atomic E-state index is 12.0. The van der Waals surface area contributed by atoms with E-state index in [1.165, 1.54) is 16.9 Å². The fraction of sp³-hybridized carbons (Fsp3) is 0.231. The molecule has 0 aliphatic carbocycles. The van der Waals surface area contributed by atoms with Crippen molar-refractivity contribution < 1.29 is 14.7 Å². The Labute approximate surface area is 115 Å². The van der Waals surface area contributed by atoms with Gasteiger partial charge in [0, 0.05) is 24.5 Å². The number of rotatable bonds is 4. The van der Waals surface area contributed by atoms with Crippen molar-refractivity contribution in [2.24, 2.45) is 7.05 Å². The van der Waals surface area contributed by atoms with E-state index >= 15 is 0 Å². The lowest BCUT2D eigenvalue weighted by Crippen LogP contribution is -2.34. The highest BCUT2D eigenvalue weighted by Crippen LogP contribution is 2.13. The number of aryl methyl sites for hydroxylation is 2. The Balaban J connectivity index is 2.21. The number of aliphatic carboxylic acids is 1. The highest BCUT2D eigenvalue weighted by atomic mass is 16.4. The predicted octanol–water partition coefficient (Wildman–Crippen LogP) is 0.679. The van der Waals surface area contributed by atoms with Crippen molar-refractivity contribution in [1.29, 1.82) is 0 Å². The molecule has 0 fully saturated rings. The molecule has 0 radical (unpaired) electrons. The van der Waals surface area contributed by atoms with Crippen molar-refractivity contribution in [2.75, 3.05) is 0 Å². The summed E-state index contributed by atoms with van der Waals surface area (Å²) in [6, 6.07) is 3.83. The fourth-order valence-corrected chi connectivity index (χ4v) is 1.75. The molecule has 0 saturated heterocycles. The zero-order valence-corrected chi connectivity index (χ0v) is 11.1. The lowest BCUT2D eigenvalue weighted by molar-refractivity contribution is -0.139. The van der Waals surface area contributed by atoms with Gasteiger partial charge < -0.3 is 10.4 Å². The molecule has 0 aromatic carbocycles. The molecule has 20 heavy (non-hydrogen) atoms. The first-order valence-corrected chi connectivity index (χ1v) is 5.93. The van der Waals surface area contributed by atoms with Gasteiger partial charge in [0.2, 0.25) is 0 Å². The number of carbonyl (C=O) groups excluding carboxylic acids is 1. The van der Waals surface area contributed by atoms with Crippen LogP contribution in [0.1, 0.15) is 27.8 Å². The van der Waals surface area contributed by atoms with Crippen molar-refractivity contribution in [3.63, 3.8) is 0 Å². The molecule has 0 aliphatic rings. The minimum absolute atomic E-state index is 0.181. The molecule has 2 N–H and O–H groups in total. The fourth-order valence-electron chi connectivity index (χ4n) is 1.75. The molecule has 2 aromatic heterocycles. The van der Waals surface area contributed by atoms with E-state index in [2.05, 4.69) is 15.4 Å². The van der Waals surface area contributed by atoms with Crippen LogP contribution in [0.15, 0.2) is 30.6 Å². The molecule has 1 amide bonds. The predicted molar refractivity (Wildman–Crippen MR) is 70.0 cm³/mol. The summed E-state index contributed by atoms with van der Waals surface area (Å²) in [5, 5.41) is 15.5. The summed E-state index contributed by atoms with van der Waals surface area (Å²) in [4.78, 5) is 27.4. The third-order valence-electron chi connectivity index (χ3n) is 2.70. The number of nitrogens with zero attached hydrogens (tertiary/aromatic N) is 3. The van der Waals surface area contributed by atoms with Crippen molar-refractivity contribution >= 4 is 11.9 Å². The van der Waals surface area contributed by atoms with E-state index in [9.17, 15) is 14.7 Å². The summed E-state index contributed by atoms with van der Waals surface area (Å²) in [5.74, 6) is -1.69. The SMILES string of the molecule is Cc1cccc(C(=O)NC(C(=O)O)c2cnn(C)c2)n1. The van der Waals surface area contributed by atoms with Crippen LogP contribution in [0.4, 0.5) is 0 Å². The lowest BCUT2D eigenvalue weighted by atomic mass is 10.1. The summed E-state index contributed by atoms with van der Waals surface area (Å²) in [5.41, 5.74) is 1.27. The molecule has 2 heterocycles. The zero-order valence-electron chi connectivity index (χ0n) is 11.1. The van der Waals surface area contributed by atoms with Crippen molar-refractivity contribution in [2.45, 2.75) is 13.0 Å². The number of hydrogen-bond donors (Lipinski definition) is 2. The Bertz CT molecular complexity index is 651. The van der Waals surface area contributed by atoms with E-state index in [4.69, 9.17) is 0 Å². The van der Waals surface area contributed by atoms with Gasteiger partial charge in [0.15, 0.2) is 6.04 Å². The van der Waals surface area contributed by atoms with Gasteiger partial charge in [0.05, 0.1) is 6.20 Å². The molecule has 1 unspecified atom stereocenters. The number of carboxylic acid groups (broad SMARTS) is 1. The molecule has 0 aliphatic heterocycles. The average Bonchev–Trinajstić information content (AvgIpc) is 2.81. The summed E-state index contributed by atoms with van der Waals surface area (Å²) in [6.07, 6.45) is 2.95. The highest BCUT2D eigenvalue weighted by Gasteiger charge is 2.24.